The summed E-state index contributed by atoms with van der Waals surface area (Å²) >= 11 is 0. The minimum absolute atomic E-state index is 0.110. The quantitative estimate of drug-likeness (QED) is 0.552. The molecule has 2 heteroatoms. The highest BCUT2D eigenvalue weighted by Crippen LogP contribution is 2.38. The number of rotatable bonds is 4. The number of carbonyl (C=O) groups excluding carboxylic acids is 1. The summed E-state index contributed by atoms with van der Waals surface area (Å²) in [6.07, 6.45) is 11.2. The molecule has 0 aromatic rings. The molecule has 0 radical (unpaired) electrons. The Morgan fingerprint density at radius 3 is 2.84 bits per heavy atom. The molecule has 0 spiro atoms. The molecule has 4 atom stereocenters. The molecule has 0 bridgehead atoms. The lowest BCUT2D eigenvalue weighted by Crippen LogP contribution is -2.25. The Morgan fingerprint density at radius 2 is 2.21 bits per heavy atom. The van der Waals surface area contributed by atoms with Crippen molar-refractivity contribution < 1.29 is 9.53 Å². The Labute approximate surface area is 117 Å². The van der Waals surface area contributed by atoms with Crippen LogP contribution in [-0.4, -0.2) is 12.1 Å². The summed E-state index contributed by atoms with van der Waals surface area (Å²) < 4.78 is 5.48. The fourth-order valence-corrected chi connectivity index (χ4v) is 3.81. The highest BCUT2D eigenvalue weighted by atomic mass is 16.5. The standard InChI is InChI=1S/C17H28O2/c1-12-7-9-15(10-8-12)13(2)11-16-5-4-6-17(16)19-14(3)18/h7,13,15-17H,4-6,8-11H2,1-3H3/t13-,15-,16+,17+/m0/s1. The molecule has 0 aromatic heterocycles. The highest BCUT2D eigenvalue weighted by molar-refractivity contribution is 5.66. The number of carbonyl (C=O) groups is 1. The summed E-state index contributed by atoms with van der Waals surface area (Å²) in [5.41, 5.74) is 1.56. The van der Waals surface area contributed by atoms with E-state index in [-0.39, 0.29) is 12.1 Å². The van der Waals surface area contributed by atoms with Gasteiger partial charge < -0.3 is 4.74 Å². The third kappa shape index (κ3) is 4.09. The van der Waals surface area contributed by atoms with E-state index in [9.17, 15) is 4.79 Å². The van der Waals surface area contributed by atoms with Gasteiger partial charge in [0.05, 0.1) is 0 Å². The molecule has 2 nitrogen and oxygen atoms in total. The van der Waals surface area contributed by atoms with E-state index in [1.165, 1.54) is 45.4 Å². The Balaban J connectivity index is 1.84. The van der Waals surface area contributed by atoms with E-state index in [1.54, 1.807) is 5.57 Å². The van der Waals surface area contributed by atoms with Crippen molar-refractivity contribution in [3.05, 3.63) is 11.6 Å². The Bertz CT molecular complexity index is 345. The van der Waals surface area contributed by atoms with Crippen LogP contribution in [-0.2, 0) is 9.53 Å². The molecule has 19 heavy (non-hydrogen) atoms. The second-order valence-corrected chi connectivity index (χ2v) is 6.64. The molecule has 2 rings (SSSR count). The van der Waals surface area contributed by atoms with Crippen LogP contribution in [0.4, 0.5) is 0 Å². The number of esters is 1. The third-order valence-electron chi connectivity index (χ3n) is 5.06. The van der Waals surface area contributed by atoms with Gasteiger partial charge in [-0.25, -0.2) is 0 Å². The van der Waals surface area contributed by atoms with E-state index in [1.807, 2.05) is 0 Å². The first kappa shape index (κ1) is 14.6. The predicted octanol–water partition coefficient (Wildman–Crippen LogP) is 4.49. The molecule has 0 aliphatic heterocycles. The second kappa shape index (κ2) is 6.58. The van der Waals surface area contributed by atoms with Crippen LogP contribution in [0.2, 0.25) is 0 Å². The van der Waals surface area contributed by atoms with Crippen molar-refractivity contribution in [1.29, 1.82) is 0 Å². The molecule has 0 N–H and O–H groups in total. The first-order chi connectivity index (χ1) is 9.06. The van der Waals surface area contributed by atoms with Crippen LogP contribution in [0.15, 0.2) is 11.6 Å². The minimum atomic E-state index is -0.110. The fraction of sp³-hybridized carbons (Fsp3) is 0.824. The summed E-state index contributed by atoms with van der Waals surface area (Å²) in [5, 5.41) is 0. The lowest BCUT2D eigenvalue weighted by Gasteiger charge is -2.30. The SMILES string of the molecule is CC(=O)O[C@@H]1CCC[C@@H]1C[C@H](C)[C@H]1CC=C(C)CC1. The monoisotopic (exact) mass is 264 g/mol. The summed E-state index contributed by atoms with van der Waals surface area (Å²) in [7, 11) is 0. The predicted molar refractivity (Wildman–Crippen MR) is 77.8 cm³/mol. The van der Waals surface area contributed by atoms with Gasteiger partial charge >= 0.3 is 5.97 Å². The van der Waals surface area contributed by atoms with Gasteiger partial charge in [0.25, 0.3) is 0 Å². The topological polar surface area (TPSA) is 26.3 Å². The van der Waals surface area contributed by atoms with E-state index >= 15 is 0 Å². The summed E-state index contributed by atoms with van der Waals surface area (Å²) in [6.45, 7) is 6.17. The van der Waals surface area contributed by atoms with Gasteiger partial charge in [-0.05, 0) is 69.6 Å². The molecular formula is C17H28O2. The van der Waals surface area contributed by atoms with Gasteiger partial charge in [-0.3, -0.25) is 4.79 Å². The van der Waals surface area contributed by atoms with Crippen molar-refractivity contribution in [2.45, 2.75) is 71.8 Å². The normalized spacial score (nSPS) is 32.8. The lowest BCUT2D eigenvalue weighted by atomic mass is 9.77. The molecule has 1 saturated carbocycles. The van der Waals surface area contributed by atoms with Gasteiger partial charge in [-0.15, -0.1) is 0 Å². The van der Waals surface area contributed by atoms with Gasteiger partial charge in [-0.1, -0.05) is 18.6 Å². The van der Waals surface area contributed by atoms with Crippen molar-refractivity contribution in [2.75, 3.05) is 0 Å². The maximum atomic E-state index is 11.1. The van der Waals surface area contributed by atoms with E-state index in [4.69, 9.17) is 4.74 Å². The number of hydrogen-bond acceptors (Lipinski definition) is 2. The summed E-state index contributed by atoms with van der Waals surface area (Å²) in [6, 6.07) is 0. The van der Waals surface area contributed by atoms with Crippen LogP contribution in [0, 0.1) is 17.8 Å². The van der Waals surface area contributed by atoms with Crippen LogP contribution in [0.5, 0.6) is 0 Å². The zero-order chi connectivity index (χ0) is 13.8. The van der Waals surface area contributed by atoms with E-state index in [0.29, 0.717) is 5.92 Å². The largest absolute Gasteiger partial charge is 0.462 e. The van der Waals surface area contributed by atoms with Crippen LogP contribution in [0.25, 0.3) is 0 Å². The molecule has 1 fully saturated rings. The van der Waals surface area contributed by atoms with Crippen molar-refractivity contribution in [3.63, 3.8) is 0 Å². The molecule has 2 aliphatic carbocycles. The summed E-state index contributed by atoms with van der Waals surface area (Å²) in [4.78, 5) is 11.1. The zero-order valence-corrected chi connectivity index (χ0v) is 12.7. The molecule has 0 unspecified atom stereocenters. The van der Waals surface area contributed by atoms with Gasteiger partial charge in [0, 0.05) is 6.92 Å². The van der Waals surface area contributed by atoms with Gasteiger partial charge in [-0.2, -0.15) is 0 Å². The molecule has 108 valence electrons. The summed E-state index contributed by atoms with van der Waals surface area (Å²) in [5.74, 6) is 2.08. The maximum absolute atomic E-state index is 11.1. The van der Waals surface area contributed by atoms with Crippen molar-refractivity contribution in [2.24, 2.45) is 17.8 Å². The molecule has 0 amide bonds. The van der Waals surface area contributed by atoms with Crippen LogP contribution < -0.4 is 0 Å². The molecular weight excluding hydrogens is 236 g/mol. The first-order valence-corrected chi connectivity index (χ1v) is 7.89. The van der Waals surface area contributed by atoms with Crippen LogP contribution >= 0.6 is 0 Å². The van der Waals surface area contributed by atoms with Gasteiger partial charge in [0.2, 0.25) is 0 Å². The van der Waals surface area contributed by atoms with Crippen molar-refractivity contribution in [1.82, 2.24) is 0 Å². The van der Waals surface area contributed by atoms with Crippen molar-refractivity contribution >= 4 is 5.97 Å². The Morgan fingerprint density at radius 1 is 1.42 bits per heavy atom. The number of allylic oxidation sites excluding steroid dienone is 2. The van der Waals surface area contributed by atoms with E-state index in [0.717, 1.165) is 18.3 Å². The van der Waals surface area contributed by atoms with Gasteiger partial charge in [0.15, 0.2) is 0 Å². The fourth-order valence-electron chi connectivity index (χ4n) is 3.81. The Kier molecular flexibility index (Phi) is 5.06. The lowest BCUT2D eigenvalue weighted by molar-refractivity contribution is -0.148. The second-order valence-electron chi connectivity index (χ2n) is 6.64. The average molecular weight is 264 g/mol. The maximum Gasteiger partial charge on any atom is 0.302 e. The number of ether oxygens (including phenoxy) is 1. The number of hydrogen-bond donors (Lipinski definition) is 0. The van der Waals surface area contributed by atoms with E-state index < -0.39 is 0 Å². The highest BCUT2D eigenvalue weighted by Gasteiger charge is 2.32. The molecule has 0 heterocycles. The minimum Gasteiger partial charge on any atom is -0.462 e. The first-order valence-electron chi connectivity index (χ1n) is 7.89. The average Bonchev–Trinajstić information content (AvgIpc) is 2.76. The molecule has 0 aromatic carbocycles. The molecule has 0 saturated heterocycles. The van der Waals surface area contributed by atoms with Crippen LogP contribution in [0.3, 0.4) is 0 Å². The van der Waals surface area contributed by atoms with Crippen molar-refractivity contribution in [3.8, 4) is 0 Å². The Hall–Kier alpha value is -0.790. The molecule has 2 aliphatic rings. The van der Waals surface area contributed by atoms with Crippen LogP contribution in [0.1, 0.15) is 65.7 Å². The van der Waals surface area contributed by atoms with E-state index in [2.05, 4.69) is 19.9 Å². The zero-order valence-electron chi connectivity index (χ0n) is 12.7. The van der Waals surface area contributed by atoms with Gasteiger partial charge in [0.1, 0.15) is 6.10 Å². The smallest absolute Gasteiger partial charge is 0.302 e. The third-order valence-corrected chi connectivity index (χ3v) is 5.06.